The summed E-state index contributed by atoms with van der Waals surface area (Å²) in [6, 6.07) is 7.13. The largest absolute Gasteiger partial charge is 0.492 e. The number of carboxylic acid groups (broad SMARTS) is 1. The number of nitrogens with one attached hydrogen (secondary N) is 1. The van der Waals surface area contributed by atoms with Gasteiger partial charge in [0.2, 0.25) is 0 Å². The number of carboxylic acids is 1. The first-order valence-corrected chi connectivity index (χ1v) is 8.20. The first-order valence-electron chi connectivity index (χ1n) is 6.91. The molecule has 0 aromatic heterocycles. The molecule has 1 aromatic carbocycles. The summed E-state index contributed by atoms with van der Waals surface area (Å²) in [4.78, 5) is 10.7. The van der Waals surface area contributed by atoms with Crippen molar-refractivity contribution in [3.05, 3.63) is 29.8 Å². The number of aromatic carboxylic acids is 1. The van der Waals surface area contributed by atoms with Gasteiger partial charge in [-0.3, -0.25) is 0 Å². The number of rotatable bonds is 7. The smallest absolute Gasteiger partial charge is 0.335 e. The highest BCUT2D eigenvalue weighted by Crippen LogP contribution is 2.27. The Morgan fingerprint density at radius 3 is 2.75 bits per heavy atom. The van der Waals surface area contributed by atoms with E-state index < -0.39 is 5.97 Å². The summed E-state index contributed by atoms with van der Waals surface area (Å²) in [5.41, 5.74) is 0.282. The molecule has 0 heterocycles. The summed E-state index contributed by atoms with van der Waals surface area (Å²) in [7, 11) is 0. The van der Waals surface area contributed by atoms with E-state index in [9.17, 15) is 4.79 Å². The quantitative estimate of drug-likeness (QED) is 0.757. The third-order valence-corrected chi connectivity index (χ3v) is 4.72. The standard InChI is InChI=1S/C15H21NO3S/c1-20-14-7-4-12(10-14)16-8-9-19-13-5-2-11(3-6-13)15(17)18/h2-3,5-6,12,14,16H,4,7-10H2,1H3,(H,17,18). The van der Waals surface area contributed by atoms with Gasteiger partial charge < -0.3 is 15.2 Å². The maximum absolute atomic E-state index is 10.7. The second-order valence-electron chi connectivity index (χ2n) is 5.00. The molecule has 1 fully saturated rings. The zero-order chi connectivity index (χ0) is 14.4. The first-order chi connectivity index (χ1) is 9.69. The number of hydrogen-bond acceptors (Lipinski definition) is 4. The molecule has 2 rings (SSSR count). The topological polar surface area (TPSA) is 58.6 Å². The van der Waals surface area contributed by atoms with Crippen molar-refractivity contribution in [3.8, 4) is 5.75 Å². The second-order valence-corrected chi connectivity index (χ2v) is 6.14. The number of benzene rings is 1. The van der Waals surface area contributed by atoms with Crippen LogP contribution in [0.25, 0.3) is 0 Å². The molecule has 0 saturated heterocycles. The Labute approximate surface area is 123 Å². The number of ether oxygens (including phenoxy) is 1. The van der Waals surface area contributed by atoms with Crippen LogP contribution in [0.15, 0.2) is 24.3 Å². The van der Waals surface area contributed by atoms with Crippen molar-refractivity contribution < 1.29 is 14.6 Å². The molecule has 0 spiro atoms. The van der Waals surface area contributed by atoms with Crippen molar-refractivity contribution in [2.45, 2.75) is 30.6 Å². The minimum Gasteiger partial charge on any atom is -0.492 e. The summed E-state index contributed by atoms with van der Waals surface area (Å²) < 4.78 is 5.59. The van der Waals surface area contributed by atoms with Crippen molar-refractivity contribution in [3.63, 3.8) is 0 Å². The molecular weight excluding hydrogens is 274 g/mol. The van der Waals surface area contributed by atoms with Gasteiger partial charge >= 0.3 is 5.97 Å². The van der Waals surface area contributed by atoms with Gasteiger partial charge in [-0.05, 0) is 49.8 Å². The maximum Gasteiger partial charge on any atom is 0.335 e. The average Bonchev–Trinajstić information content (AvgIpc) is 2.92. The van der Waals surface area contributed by atoms with Crippen molar-refractivity contribution >= 4 is 17.7 Å². The van der Waals surface area contributed by atoms with E-state index in [0.29, 0.717) is 18.4 Å². The van der Waals surface area contributed by atoms with Crippen molar-refractivity contribution in [1.29, 1.82) is 0 Å². The van der Waals surface area contributed by atoms with Gasteiger partial charge in [-0.15, -0.1) is 0 Å². The van der Waals surface area contributed by atoms with Crippen molar-refractivity contribution in [2.24, 2.45) is 0 Å². The van der Waals surface area contributed by atoms with Gasteiger partial charge in [0, 0.05) is 17.8 Å². The molecule has 2 unspecified atom stereocenters. The number of hydrogen-bond donors (Lipinski definition) is 2. The van der Waals surface area contributed by atoms with Crippen LogP contribution in [0, 0.1) is 0 Å². The van der Waals surface area contributed by atoms with E-state index in [0.717, 1.165) is 11.8 Å². The van der Waals surface area contributed by atoms with Crippen LogP contribution in [-0.2, 0) is 0 Å². The highest BCUT2D eigenvalue weighted by molar-refractivity contribution is 7.99. The van der Waals surface area contributed by atoms with Crippen LogP contribution in [0.4, 0.5) is 0 Å². The SMILES string of the molecule is CSC1CCC(NCCOc2ccc(C(=O)O)cc2)C1. The molecule has 1 aliphatic carbocycles. The summed E-state index contributed by atoms with van der Waals surface area (Å²) in [5.74, 6) is -0.201. The Balaban J connectivity index is 1.65. The van der Waals surface area contributed by atoms with E-state index in [2.05, 4.69) is 11.6 Å². The van der Waals surface area contributed by atoms with Crippen LogP contribution in [-0.4, -0.2) is 41.8 Å². The summed E-state index contributed by atoms with van der Waals surface area (Å²) in [6.45, 7) is 1.43. The highest BCUT2D eigenvalue weighted by atomic mass is 32.2. The molecule has 1 aromatic rings. The fourth-order valence-corrected chi connectivity index (χ4v) is 3.26. The lowest BCUT2D eigenvalue weighted by Crippen LogP contribution is -2.30. The zero-order valence-corrected chi connectivity index (χ0v) is 12.5. The predicted octanol–water partition coefficient (Wildman–Crippen LogP) is 2.64. The molecule has 2 atom stereocenters. The fraction of sp³-hybridized carbons (Fsp3) is 0.533. The lowest BCUT2D eigenvalue weighted by molar-refractivity contribution is 0.0697. The molecule has 0 amide bonds. The molecule has 2 N–H and O–H groups in total. The molecule has 4 nitrogen and oxygen atoms in total. The molecular formula is C15H21NO3S. The second kappa shape index (κ2) is 7.55. The normalized spacial score (nSPS) is 21.9. The minimum absolute atomic E-state index is 0.282. The Morgan fingerprint density at radius 2 is 2.15 bits per heavy atom. The zero-order valence-electron chi connectivity index (χ0n) is 11.7. The lowest BCUT2D eigenvalue weighted by atomic mass is 10.2. The maximum atomic E-state index is 10.7. The number of thioether (sulfide) groups is 1. The van der Waals surface area contributed by atoms with Crippen LogP contribution in [0.3, 0.4) is 0 Å². The van der Waals surface area contributed by atoms with Gasteiger partial charge in [0.15, 0.2) is 0 Å². The third-order valence-electron chi connectivity index (χ3n) is 3.62. The molecule has 1 aliphatic rings. The Morgan fingerprint density at radius 1 is 1.40 bits per heavy atom. The Kier molecular flexibility index (Phi) is 5.73. The summed E-state index contributed by atoms with van der Waals surface area (Å²) >= 11 is 1.96. The van der Waals surface area contributed by atoms with E-state index in [4.69, 9.17) is 9.84 Å². The molecule has 5 heteroatoms. The van der Waals surface area contributed by atoms with Gasteiger partial charge in [0.05, 0.1) is 5.56 Å². The average molecular weight is 295 g/mol. The van der Waals surface area contributed by atoms with Crippen molar-refractivity contribution in [1.82, 2.24) is 5.32 Å². The number of carbonyl (C=O) groups is 1. The summed E-state index contributed by atoms with van der Waals surface area (Å²) in [5, 5.41) is 13.1. The Hall–Kier alpha value is -1.20. The third kappa shape index (κ3) is 4.42. The molecule has 0 radical (unpaired) electrons. The predicted molar refractivity (Wildman–Crippen MR) is 81.8 cm³/mol. The van der Waals surface area contributed by atoms with Crippen LogP contribution in [0.2, 0.25) is 0 Å². The van der Waals surface area contributed by atoms with Crippen LogP contribution in [0.1, 0.15) is 29.6 Å². The minimum atomic E-state index is -0.914. The highest BCUT2D eigenvalue weighted by Gasteiger charge is 2.22. The lowest BCUT2D eigenvalue weighted by Gasteiger charge is -2.13. The van der Waals surface area contributed by atoms with E-state index in [1.807, 2.05) is 11.8 Å². The van der Waals surface area contributed by atoms with Gasteiger partial charge in [-0.1, -0.05) is 0 Å². The van der Waals surface area contributed by atoms with E-state index >= 15 is 0 Å². The van der Waals surface area contributed by atoms with E-state index in [1.165, 1.54) is 19.3 Å². The van der Waals surface area contributed by atoms with Crippen LogP contribution in [0.5, 0.6) is 5.75 Å². The van der Waals surface area contributed by atoms with Gasteiger partial charge in [-0.25, -0.2) is 4.79 Å². The van der Waals surface area contributed by atoms with Gasteiger partial charge in [0.1, 0.15) is 12.4 Å². The summed E-state index contributed by atoms with van der Waals surface area (Å²) in [6.07, 6.45) is 5.97. The van der Waals surface area contributed by atoms with Crippen LogP contribution < -0.4 is 10.1 Å². The first kappa shape index (κ1) is 15.2. The molecule has 0 aliphatic heterocycles. The van der Waals surface area contributed by atoms with Crippen LogP contribution >= 0.6 is 11.8 Å². The molecule has 0 bridgehead atoms. The molecule has 1 saturated carbocycles. The molecule has 20 heavy (non-hydrogen) atoms. The fourth-order valence-electron chi connectivity index (χ4n) is 2.47. The monoisotopic (exact) mass is 295 g/mol. The Bertz CT molecular complexity index is 435. The van der Waals surface area contributed by atoms with E-state index in [1.54, 1.807) is 24.3 Å². The van der Waals surface area contributed by atoms with Gasteiger partial charge in [0.25, 0.3) is 0 Å². The van der Waals surface area contributed by atoms with Crippen molar-refractivity contribution in [2.75, 3.05) is 19.4 Å². The van der Waals surface area contributed by atoms with Gasteiger partial charge in [-0.2, -0.15) is 11.8 Å². The van der Waals surface area contributed by atoms with E-state index in [-0.39, 0.29) is 5.56 Å². The molecule has 110 valence electrons.